The number of nitrogens with one attached hydrogen (secondary N) is 1. The number of rotatable bonds is 4. The van der Waals surface area contributed by atoms with Gasteiger partial charge in [0.05, 0.1) is 6.54 Å². The molecule has 1 aliphatic carbocycles. The lowest BCUT2D eigenvalue weighted by atomic mass is 9.95. The van der Waals surface area contributed by atoms with Crippen molar-refractivity contribution < 1.29 is 4.42 Å². The molecule has 0 amide bonds. The highest BCUT2D eigenvalue weighted by Gasteiger charge is 2.14. The Labute approximate surface area is 119 Å². The largest absolute Gasteiger partial charge is 0.419 e. The Balaban J connectivity index is 1.60. The first-order valence-corrected chi connectivity index (χ1v) is 7.44. The molecule has 0 bridgehead atoms. The third-order valence-electron chi connectivity index (χ3n) is 3.91. The van der Waals surface area contributed by atoms with Crippen LogP contribution in [0.2, 0.25) is 0 Å². The fraction of sp³-hybridized carbons (Fsp3) is 0.500. The second kappa shape index (κ2) is 6.18. The molecule has 1 aliphatic rings. The lowest BCUT2D eigenvalue weighted by Crippen LogP contribution is -2.30. The maximum atomic E-state index is 5.72. The monoisotopic (exact) mass is 271 g/mol. The van der Waals surface area contributed by atoms with Gasteiger partial charge in [-0.3, -0.25) is 0 Å². The van der Waals surface area contributed by atoms with E-state index in [1.54, 1.807) is 0 Å². The number of nitrogens with zero attached hydrogens (tertiary/aromatic N) is 2. The van der Waals surface area contributed by atoms with E-state index in [-0.39, 0.29) is 0 Å². The van der Waals surface area contributed by atoms with Crippen molar-refractivity contribution in [2.75, 3.05) is 0 Å². The zero-order chi connectivity index (χ0) is 13.8. The van der Waals surface area contributed by atoms with Gasteiger partial charge in [0.2, 0.25) is 11.8 Å². The predicted molar refractivity (Wildman–Crippen MR) is 78.2 cm³/mol. The molecule has 1 saturated carbocycles. The molecule has 0 unspecified atom stereocenters. The lowest BCUT2D eigenvalue weighted by molar-refractivity contribution is 0.354. The Hall–Kier alpha value is -1.68. The first-order valence-electron chi connectivity index (χ1n) is 7.44. The average molecular weight is 271 g/mol. The minimum Gasteiger partial charge on any atom is -0.419 e. The molecule has 0 saturated heterocycles. The van der Waals surface area contributed by atoms with Crippen molar-refractivity contribution in [2.24, 2.45) is 0 Å². The van der Waals surface area contributed by atoms with Crippen LogP contribution in [0.4, 0.5) is 0 Å². The van der Waals surface area contributed by atoms with Gasteiger partial charge >= 0.3 is 0 Å². The van der Waals surface area contributed by atoms with Crippen LogP contribution in [0, 0.1) is 6.92 Å². The van der Waals surface area contributed by atoms with Gasteiger partial charge in [0.25, 0.3) is 0 Å². The van der Waals surface area contributed by atoms with Crippen molar-refractivity contribution in [3.63, 3.8) is 0 Å². The Morgan fingerprint density at radius 2 is 1.85 bits per heavy atom. The van der Waals surface area contributed by atoms with Crippen LogP contribution < -0.4 is 5.32 Å². The van der Waals surface area contributed by atoms with Crippen molar-refractivity contribution in [3.8, 4) is 11.5 Å². The van der Waals surface area contributed by atoms with Crippen LogP contribution in [0.3, 0.4) is 0 Å². The smallest absolute Gasteiger partial charge is 0.247 e. The molecule has 2 aromatic rings. The van der Waals surface area contributed by atoms with Crippen LogP contribution in [0.15, 0.2) is 28.7 Å². The number of aryl methyl sites for hydroxylation is 1. The second-order valence-corrected chi connectivity index (χ2v) is 5.58. The molecule has 1 fully saturated rings. The quantitative estimate of drug-likeness (QED) is 0.925. The summed E-state index contributed by atoms with van der Waals surface area (Å²) in [6.45, 7) is 2.74. The van der Waals surface area contributed by atoms with E-state index in [9.17, 15) is 0 Å². The SMILES string of the molecule is Cc1ccc(-c2nnc(CNC3CCCCC3)o2)cc1. The minimum atomic E-state index is 0.602. The summed E-state index contributed by atoms with van der Waals surface area (Å²) >= 11 is 0. The van der Waals surface area contributed by atoms with Gasteiger partial charge in [0.15, 0.2) is 0 Å². The fourth-order valence-electron chi connectivity index (χ4n) is 2.68. The van der Waals surface area contributed by atoms with Crippen LogP contribution in [0.5, 0.6) is 0 Å². The number of hydrogen-bond donors (Lipinski definition) is 1. The lowest BCUT2D eigenvalue weighted by Gasteiger charge is -2.21. The van der Waals surface area contributed by atoms with Gasteiger partial charge in [-0.25, -0.2) is 0 Å². The summed E-state index contributed by atoms with van der Waals surface area (Å²) in [6.07, 6.45) is 6.56. The molecule has 1 aromatic carbocycles. The molecular formula is C16H21N3O. The molecule has 4 heteroatoms. The van der Waals surface area contributed by atoms with E-state index in [0.717, 1.165) is 5.56 Å². The van der Waals surface area contributed by atoms with Crippen molar-refractivity contribution in [2.45, 2.75) is 51.6 Å². The summed E-state index contributed by atoms with van der Waals surface area (Å²) in [6, 6.07) is 8.75. The van der Waals surface area contributed by atoms with Gasteiger partial charge in [-0.15, -0.1) is 10.2 Å². The van der Waals surface area contributed by atoms with Crippen molar-refractivity contribution in [1.82, 2.24) is 15.5 Å². The molecule has 0 atom stereocenters. The highest BCUT2D eigenvalue weighted by molar-refractivity contribution is 5.52. The standard InChI is InChI=1S/C16H21N3O/c1-12-7-9-13(10-8-12)16-19-18-15(20-16)11-17-14-5-3-2-4-6-14/h7-10,14,17H,2-6,11H2,1H3. The van der Waals surface area contributed by atoms with E-state index >= 15 is 0 Å². The highest BCUT2D eigenvalue weighted by Crippen LogP contribution is 2.20. The zero-order valence-corrected chi connectivity index (χ0v) is 11.9. The van der Waals surface area contributed by atoms with Crippen LogP contribution in [-0.2, 0) is 6.54 Å². The summed E-state index contributed by atoms with van der Waals surface area (Å²) in [4.78, 5) is 0. The molecule has 3 rings (SSSR count). The summed E-state index contributed by atoms with van der Waals surface area (Å²) in [5.41, 5.74) is 2.21. The van der Waals surface area contributed by atoms with E-state index in [1.165, 1.54) is 37.7 Å². The number of aromatic nitrogens is 2. The minimum absolute atomic E-state index is 0.602. The Bertz CT molecular complexity index is 541. The van der Waals surface area contributed by atoms with Gasteiger partial charge in [0.1, 0.15) is 0 Å². The third kappa shape index (κ3) is 3.25. The molecule has 4 nitrogen and oxygen atoms in total. The van der Waals surface area contributed by atoms with Crippen molar-refractivity contribution >= 4 is 0 Å². The number of benzene rings is 1. The van der Waals surface area contributed by atoms with Crippen LogP contribution >= 0.6 is 0 Å². The Morgan fingerprint density at radius 1 is 1.10 bits per heavy atom. The molecular weight excluding hydrogens is 250 g/mol. The van der Waals surface area contributed by atoms with Gasteiger partial charge in [0, 0.05) is 11.6 Å². The van der Waals surface area contributed by atoms with Crippen LogP contribution in [0.1, 0.15) is 43.6 Å². The summed E-state index contributed by atoms with van der Waals surface area (Å²) in [5.74, 6) is 1.27. The molecule has 1 N–H and O–H groups in total. The van der Waals surface area contributed by atoms with Crippen LogP contribution in [-0.4, -0.2) is 16.2 Å². The maximum absolute atomic E-state index is 5.72. The van der Waals surface area contributed by atoms with E-state index in [1.807, 2.05) is 12.1 Å². The van der Waals surface area contributed by atoms with Gasteiger partial charge in [-0.2, -0.15) is 0 Å². The zero-order valence-electron chi connectivity index (χ0n) is 11.9. The summed E-state index contributed by atoms with van der Waals surface area (Å²) < 4.78 is 5.72. The molecule has 1 aromatic heterocycles. The Kier molecular flexibility index (Phi) is 4.11. The molecule has 20 heavy (non-hydrogen) atoms. The topological polar surface area (TPSA) is 51.0 Å². The normalized spacial score (nSPS) is 16.4. The van der Waals surface area contributed by atoms with E-state index in [0.29, 0.717) is 24.4 Å². The van der Waals surface area contributed by atoms with E-state index in [4.69, 9.17) is 4.42 Å². The summed E-state index contributed by atoms with van der Waals surface area (Å²) in [7, 11) is 0. The molecule has 1 heterocycles. The third-order valence-corrected chi connectivity index (χ3v) is 3.91. The highest BCUT2D eigenvalue weighted by atomic mass is 16.4. The number of hydrogen-bond acceptors (Lipinski definition) is 4. The molecule has 106 valence electrons. The Morgan fingerprint density at radius 3 is 2.60 bits per heavy atom. The second-order valence-electron chi connectivity index (χ2n) is 5.58. The van der Waals surface area contributed by atoms with Gasteiger partial charge in [-0.1, -0.05) is 37.0 Å². The van der Waals surface area contributed by atoms with E-state index in [2.05, 4.69) is 34.6 Å². The van der Waals surface area contributed by atoms with E-state index < -0.39 is 0 Å². The maximum Gasteiger partial charge on any atom is 0.247 e. The fourth-order valence-corrected chi connectivity index (χ4v) is 2.68. The predicted octanol–water partition coefficient (Wildman–Crippen LogP) is 3.47. The van der Waals surface area contributed by atoms with Crippen LogP contribution in [0.25, 0.3) is 11.5 Å². The molecule has 0 spiro atoms. The molecule has 0 radical (unpaired) electrons. The van der Waals surface area contributed by atoms with Crippen molar-refractivity contribution in [1.29, 1.82) is 0 Å². The summed E-state index contributed by atoms with van der Waals surface area (Å²) in [5, 5.41) is 11.8. The first kappa shape index (κ1) is 13.3. The molecule has 0 aliphatic heterocycles. The average Bonchev–Trinajstić information content (AvgIpc) is 2.96. The first-order chi connectivity index (χ1) is 9.81. The van der Waals surface area contributed by atoms with Gasteiger partial charge in [-0.05, 0) is 31.9 Å². The van der Waals surface area contributed by atoms with Gasteiger partial charge < -0.3 is 9.73 Å². The van der Waals surface area contributed by atoms with Crippen molar-refractivity contribution in [3.05, 3.63) is 35.7 Å².